The van der Waals surface area contributed by atoms with Crippen molar-refractivity contribution in [1.82, 2.24) is 19.9 Å². The van der Waals surface area contributed by atoms with Crippen LogP contribution in [0.4, 0.5) is 5.82 Å². The van der Waals surface area contributed by atoms with Gasteiger partial charge in [-0.3, -0.25) is 0 Å². The number of H-pyrrole nitrogens is 1. The number of hydrogen-bond acceptors (Lipinski definition) is 5. The highest BCUT2D eigenvalue weighted by molar-refractivity contribution is 5.83. The second kappa shape index (κ2) is 4.38. The number of hydrogen-bond donors (Lipinski definition) is 2. The largest absolute Gasteiger partial charge is 0.382 e. The minimum Gasteiger partial charge on any atom is -0.382 e. The smallest absolute Gasteiger partial charge is 0.161 e. The average molecular weight is 250 g/mol. The highest BCUT2D eigenvalue weighted by Gasteiger charge is 2.12. The quantitative estimate of drug-likeness (QED) is 0.719. The minimum absolute atomic E-state index is 0.317. The highest BCUT2D eigenvalue weighted by Crippen LogP contribution is 2.24. The predicted molar refractivity (Wildman–Crippen MR) is 70.8 cm³/mol. The highest BCUT2D eigenvalue weighted by atomic mass is 15.0. The van der Waals surface area contributed by atoms with E-state index in [4.69, 9.17) is 11.0 Å². The zero-order chi connectivity index (χ0) is 13.2. The summed E-state index contributed by atoms with van der Waals surface area (Å²) in [6, 6.07) is 7.80. The monoisotopic (exact) mass is 250 g/mol. The number of fused-ring (bicyclic) bond motifs is 1. The molecule has 0 fully saturated rings. The molecule has 19 heavy (non-hydrogen) atoms. The Morgan fingerprint density at radius 1 is 1.26 bits per heavy atom. The van der Waals surface area contributed by atoms with E-state index in [0.717, 1.165) is 16.6 Å². The van der Waals surface area contributed by atoms with Crippen LogP contribution in [0.15, 0.2) is 30.6 Å². The van der Waals surface area contributed by atoms with Gasteiger partial charge in [-0.2, -0.15) is 5.26 Å². The van der Waals surface area contributed by atoms with Crippen molar-refractivity contribution in [2.24, 2.45) is 0 Å². The zero-order valence-electron chi connectivity index (χ0n) is 9.96. The lowest BCUT2D eigenvalue weighted by atomic mass is 10.1. The standard InChI is InChI=1S/C13H10N6/c14-5-4-8-2-1-3-9-10(8)19-13(18-9)11-12(15)17-7-6-16-11/h1-3,6-7H,4H2,(H2,15,17)(H,18,19). The molecular weight excluding hydrogens is 240 g/mol. The molecule has 0 saturated heterocycles. The maximum atomic E-state index is 8.82. The number of rotatable bonds is 2. The van der Waals surface area contributed by atoms with Crippen LogP contribution < -0.4 is 5.73 Å². The Hall–Kier alpha value is -2.94. The molecule has 0 unspecified atom stereocenters. The first-order valence-electron chi connectivity index (χ1n) is 5.71. The summed E-state index contributed by atoms with van der Waals surface area (Å²) in [5.74, 6) is 0.884. The van der Waals surface area contributed by atoms with Crippen LogP contribution in [0.25, 0.3) is 22.6 Å². The first-order chi connectivity index (χ1) is 9.29. The van der Waals surface area contributed by atoms with Crippen molar-refractivity contribution >= 4 is 16.9 Å². The summed E-state index contributed by atoms with van der Waals surface area (Å²) in [5, 5.41) is 8.82. The lowest BCUT2D eigenvalue weighted by Gasteiger charge is -1.97. The summed E-state index contributed by atoms with van der Waals surface area (Å²) in [4.78, 5) is 15.8. The molecule has 0 aliphatic rings. The fourth-order valence-corrected chi connectivity index (χ4v) is 1.96. The van der Waals surface area contributed by atoms with Crippen molar-refractivity contribution in [1.29, 1.82) is 5.26 Å². The number of aromatic nitrogens is 4. The second-order valence-corrected chi connectivity index (χ2v) is 4.02. The van der Waals surface area contributed by atoms with Crippen LogP contribution in [0.3, 0.4) is 0 Å². The van der Waals surface area contributed by atoms with Gasteiger partial charge in [0.15, 0.2) is 11.6 Å². The lowest BCUT2D eigenvalue weighted by Crippen LogP contribution is -1.96. The van der Waals surface area contributed by atoms with Crippen LogP contribution in [-0.2, 0) is 6.42 Å². The van der Waals surface area contributed by atoms with E-state index in [1.54, 1.807) is 6.20 Å². The molecule has 0 atom stereocenters. The normalized spacial score (nSPS) is 10.5. The Kier molecular flexibility index (Phi) is 2.58. The van der Waals surface area contributed by atoms with E-state index in [1.807, 2.05) is 18.2 Å². The number of nitrogen functional groups attached to an aromatic ring is 1. The van der Waals surface area contributed by atoms with Gasteiger partial charge in [-0.25, -0.2) is 15.0 Å². The summed E-state index contributed by atoms with van der Waals surface area (Å²) in [5.41, 5.74) is 8.80. The van der Waals surface area contributed by atoms with Crippen LogP contribution >= 0.6 is 0 Å². The summed E-state index contributed by atoms with van der Waals surface area (Å²) in [6.07, 6.45) is 3.41. The van der Waals surface area contributed by atoms with Gasteiger partial charge in [0, 0.05) is 12.4 Å². The van der Waals surface area contributed by atoms with Crippen molar-refractivity contribution in [2.75, 3.05) is 5.73 Å². The molecule has 0 amide bonds. The van der Waals surface area contributed by atoms with Crippen molar-refractivity contribution in [3.05, 3.63) is 36.2 Å². The molecule has 3 rings (SSSR count). The van der Waals surface area contributed by atoms with Crippen LogP contribution in [0.1, 0.15) is 5.56 Å². The molecule has 0 saturated carbocycles. The number of para-hydroxylation sites is 1. The summed E-state index contributed by atoms with van der Waals surface area (Å²) < 4.78 is 0. The van der Waals surface area contributed by atoms with Crippen LogP contribution in [0.5, 0.6) is 0 Å². The van der Waals surface area contributed by atoms with E-state index in [-0.39, 0.29) is 0 Å². The number of imidazole rings is 1. The Balaban J connectivity index is 2.20. The molecule has 0 radical (unpaired) electrons. The van der Waals surface area contributed by atoms with Crippen molar-refractivity contribution in [3.8, 4) is 17.6 Å². The van der Waals surface area contributed by atoms with Gasteiger partial charge in [0.25, 0.3) is 0 Å². The second-order valence-electron chi connectivity index (χ2n) is 4.02. The fourth-order valence-electron chi connectivity index (χ4n) is 1.96. The molecule has 3 N–H and O–H groups in total. The van der Waals surface area contributed by atoms with Crippen LogP contribution in [-0.4, -0.2) is 19.9 Å². The molecule has 6 heteroatoms. The maximum absolute atomic E-state index is 8.82. The molecule has 0 bridgehead atoms. The van der Waals surface area contributed by atoms with Gasteiger partial charge >= 0.3 is 0 Å². The van der Waals surface area contributed by atoms with Crippen LogP contribution in [0.2, 0.25) is 0 Å². The van der Waals surface area contributed by atoms with Crippen molar-refractivity contribution in [2.45, 2.75) is 6.42 Å². The van der Waals surface area contributed by atoms with E-state index < -0.39 is 0 Å². The molecule has 92 valence electrons. The summed E-state index contributed by atoms with van der Waals surface area (Å²) >= 11 is 0. The van der Waals surface area contributed by atoms with E-state index in [0.29, 0.717) is 23.8 Å². The average Bonchev–Trinajstić information content (AvgIpc) is 2.84. The van der Waals surface area contributed by atoms with Gasteiger partial charge in [0.2, 0.25) is 0 Å². The number of nitrogens with two attached hydrogens (primary N) is 1. The van der Waals surface area contributed by atoms with Crippen molar-refractivity contribution < 1.29 is 0 Å². The number of anilines is 1. The molecule has 0 aliphatic carbocycles. The SMILES string of the molecule is N#CCc1cccc2[nH]c(-c3nccnc3N)nc12. The van der Waals surface area contributed by atoms with Gasteiger partial charge in [0.1, 0.15) is 5.69 Å². The van der Waals surface area contributed by atoms with Gasteiger partial charge in [-0.05, 0) is 11.6 Å². The summed E-state index contributed by atoms with van der Waals surface area (Å²) in [7, 11) is 0. The first kappa shape index (κ1) is 11.2. The molecular formula is C13H10N6. The third-order valence-corrected chi connectivity index (χ3v) is 2.82. The maximum Gasteiger partial charge on any atom is 0.161 e. The molecule has 2 aromatic heterocycles. The number of nitrogens with zero attached hydrogens (tertiary/aromatic N) is 4. The number of nitrogens with one attached hydrogen (secondary N) is 1. The van der Waals surface area contributed by atoms with E-state index in [1.165, 1.54) is 6.20 Å². The molecule has 2 heterocycles. The van der Waals surface area contributed by atoms with Crippen molar-refractivity contribution in [3.63, 3.8) is 0 Å². The van der Waals surface area contributed by atoms with E-state index in [9.17, 15) is 0 Å². The Morgan fingerprint density at radius 3 is 2.89 bits per heavy atom. The number of aromatic amines is 1. The van der Waals surface area contributed by atoms with E-state index in [2.05, 4.69) is 26.0 Å². The fraction of sp³-hybridized carbons (Fsp3) is 0.0769. The lowest BCUT2D eigenvalue weighted by molar-refractivity contribution is 1.17. The van der Waals surface area contributed by atoms with E-state index >= 15 is 0 Å². The topological polar surface area (TPSA) is 104 Å². The Bertz CT molecular complexity index is 783. The van der Waals surface area contributed by atoms with Gasteiger partial charge in [-0.15, -0.1) is 0 Å². The molecule has 0 aliphatic heterocycles. The molecule has 0 spiro atoms. The minimum atomic E-state index is 0.317. The first-order valence-corrected chi connectivity index (χ1v) is 5.71. The number of nitriles is 1. The molecule has 1 aromatic carbocycles. The Morgan fingerprint density at radius 2 is 2.11 bits per heavy atom. The third kappa shape index (κ3) is 1.87. The predicted octanol–water partition coefficient (Wildman–Crippen LogP) is 1.67. The molecule has 6 nitrogen and oxygen atoms in total. The number of benzene rings is 1. The van der Waals surface area contributed by atoms with Crippen LogP contribution in [0, 0.1) is 11.3 Å². The van der Waals surface area contributed by atoms with Gasteiger partial charge in [0.05, 0.1) is 23.5 Å². The summed E-state index contributed by atoms with van der Waals surface area (Å²) in [6.45, 7) is 0. The zero-order valence-corrected chi connectivity index (χ0v) is 9.96. The van der Waals surface area contributed by atoms with Gasteiger partial charge < -0.3 is 10.7 Å². The molecule has 3 aromatic rings. The third-order valence-electron chi connectivity index (χ3n) is 2.82. The van der Waals surface area contributed by atoms with Gasteiger partial charge in [-0.1, -0.05) is 12.1 Å². The Labute approximate surface area is 109 Å².